The Morgan fingerprint density at radius 1 is 1.06 bits per heavy atom. The summed E-state index contributed by atoms with van der Waals surface area (Å²) in [6, 6.07) is 1.29. The van der Waals surface area contributed by atoms with Gasteiger partial charge in [0.2, 0.25) is 0 Å². The second kappa shape index (κ2) is 33.5. The molecule has 0 atom stereocenters. The fraction of sp³-hybridized carbons (Fsp3) is 0.478. The molecule has 0 unspecified atom stereocenters. The molecule has 31 heavy (non-hydrogen) atoms. The maximum absolute atomic E-state index is 6.94. The minimum Gasteiger partial charge on any atom is 2.00 e. The van der Waals surface area contributed by atoms with Crippen LogP contribution in [0.5, 0.6) is 0 Å². The van der Waals surface area contributed by atoms with Crippen molar-refractivity contribution in [1.82, 2.24) is 0 Å². The summed E-state index contributed by atoms with van der Waals surface area (Å²) in [4.78, 5) is 0. The van der Waals surface area contributed by atoms with E-state index in [0.717, 1.165) is 12.8 Å². The molecule has 1 nitrogen and oxygen atoms in total. The zero-order valence-electron chi connectivity index (χ0n) is 19.9. The molecule has 2 aliphatic rings. The second-order valence-corrected chi connectivity index (χ2v) is 12.9. The molecule has 1 radical (unpaired) electrons. The molecule has 2 aliphatic carbocycles. The summed E-state index contributed by atoms with van der Waals surface area (Å²) in [5, 5.41) is 0. The van der Waals surface area contributed by atoms with Crippen molar-refractivity contribution in [3.05, 3.63) is 78.1 Å². The minimum atomic E-state index is -0.556. The number of halogens is 4. The van der Waals surface area contributed by atoms with Gasteiger partial charge in [-0.1, -0.05) is 57.7 Å². The van der Waals surface area contributed by atoms with Crippen molar-refractivity contribution in [3.63, 3.8) is 0 Å². The zero-order valence-corrected chi connectivity index (χ0v) is 28.1. The fourth-order valence-corrected chi connectivity index (χ4v) is 2.93. The first-order valence-corrected chi connectivity index (χ1v) is 16.2. The molecule has 8 heteroatoms. The predicted octanol–water partition coefficient (Wildman–Crippen LogP) is 9.93. The van der Waals surface area contributed by atoms with Gasteiger partial charge in [0.05, 0.1) is 0 Å². The van der Waals surface area contributed by atoms with Crippen molar-refractivity contribution in [2.45, 2.75) is 72.1 Å². The van der Waals surface area contributed by atoms with Gasteiger partial charge in [0.1, 0.15) is 0 Å². The van der Waals surface area contributed by atoms with E-state index in [1.807, 2.05) is 52.0 Å². The average Bonchev–Trinajstić information content (AvgIpc) is 3.24. The van der Waals surface area contributed by atoms with Crippen LogP contribution in [0.3, 0.4) is 0 Å². The van der Waals surface area contributed by atoms with Crippen LogP contribution >= 0.6 is 43.4 Å². The van der Waals surface area contributed by atoms with E-state index in [1.165, 1.54) is 17.2 Å². The maximum atomic E-state index is 6.94. The van der Waals surface area contributed by atoms with Crippen LogP contribution in [0.2, 0.25) is 19.1 Å². The normalized spacial score (nSPS) is 12.0. The SMILES string of the molecule is C=C(C)C=C(C)C[Si](C)C.CC(C)(C)[NH-].Cl.Cl.[C-]1=CC=CC1.[C-]1=CC=CC1.[Cl][Ti][Cl].[Zr+2]. The molecule has 0 aliphatic heterocycles. The third-order valence-corrected chi connectivity index (χ3v) is 3.56. The first-order chi connectivity index (χ1) is 12.9. The van der Waals surface area contributed by atoms with Crippen molar-refractivity contribution < 1.29 is 43.2 Å². The Labute approximate surface area is 243 Å². The first-order valence-electron chi connectivity index (χ1n) is 9.20. The van der Waals surface area contributed by atoms with E-state index in [2.05, 4.69) is 57.0 Å². The summed E-state index contributed by atoms with van der Waals surface area (Å²) in [5.41, 5.74) is 9.33. The van der Waals surface area contributed by atoms with Crippen LogP contribution in [0.4, 0.5) is 0 Å². The molecular formula is C23H39Cl4NSiTiZr-. The van der Waals surface area contributed by atoms with Gasteiger partial charge in [-0.2, -0.15) is 12.2 Å². The second-order valence-electron chi connectivity index (χ2n) is 7.55. The topological polar surface area (TPSA) is 23.8 Å². The molecule has 0 aromatic rings. The average molecular weight is 639 g/mol. The van der Waals surface area contributed by atoms with Crippen molar-refractivity contribution in [2.75, 3.05) is 0 Å². The monoisotopic (exact) mass is 635 g/mol. The van der Waals surface area contributed by atoms with E-state index < -0.39 is 17.0 Å². The van der Waals surface area contributed by atoms with E-state index in [1.54, 1.807) is 0 Å². The van der Waals surface area contributed by atoms with Crippen LogP contribution in [0, 0.1) is 12.2 Å². The van der Waals surface area contributed by atoms with Crippen LogP contribution in [-0.4, -0.2) is 14.3 Å². The Hall–Kier alpha value is 1.37. The van der Waals surface area contributed by atoms with Crippen LogP contribution in [0.1, 0.15) is 47.5 Å². The largest absolute Gasteiger partial charge is 2.00 e. The van der Waals surface area contributed by atoms with Gasteiger partial charge < -0.3 is 5.73 Å². The third-order valence-electron chi connectivity index (χ3n) is 2.30. The van der Waals surface area contributed by atoms with Gasteiger partial charge >= 0.3 is 61.8 Å². The minimum absolute atomic E-state index is 0. The molecule has 0 fully saturated rings. The molecular weight excluding hydrogens is 599 g/mol. The van der Waals surface area contributed by atoms with E-state index >= 15 is 0 Å². The van der Waals surface area contributed by atoms with E-state index in [4.69, 9.17) is 24.3 Å². The first kappa shape index (κ1) is 45.8. The summed E-state index contributed by atoms with van der Waals surface area (Å²) in [6.07, 6.45) is 22.2. The molecule has 0 amide bonds. The van der Waals surface area contributed by atoms with Crippen LogP contribution < -0.4 is 0 Å². The van der Waals surface area contributed by atoms with Gasteiger partial charge in [-0.3, -0.25) is 12.2 Å². The Morgan fingerprint density at radius 2 is 1.39 bits per heavy atom. The molecule has 0 aromatic carbocycles. The summed E-state index contributed by atoms with van der Waals surface area (Å²) >= 11 is -0.556. The molecule has 0 heterocycles. The molecule has 0 saturated heterocycles. The van der Waals surface area contributed by atoms with Gasteiger partial charge in [0.25, 0.3) is 0 Å². The van der Waals surface area contributed by atoms with Gasteiger partial charge in [-0.25, -0.2) is 24.3 Å². The molecule has 0 saturated carbocycles. The zero-order chi connectivity index (χ0) is 22.4. The Balaban J connectivity index is -0.0000000649. The number of rotatable bonds is 3. The van der Waals surface area contributed by atoms with Gasteiger partial charge in [0.15, 0.2) is 0 Å². The molecule has 2 rings (SSSR count). The van der Waals surface area contributed by atoms with Gasteiger partial charge in [-0.05, 0) is 19.9 Å². The summed E-state index contributed by atoms with van der Waals surface area (Å²) in [6.45, 7) is 18.3. The summed E-state index contributed by atoms with van der Waals surface area (Å²) in [7, 11) is 9.69. The van der Waals surface area contributed by atoms with Crippen LogP contribution in [0.25, 0.3) is 5.73 Å². The van der Waals surface area contributed by atoms with Gasteiger partial charge in [0, 0.05) is 8.80 Å². The number of allylic oxidation sites excluding steroid dienone is 11. The molecule has 177 valence electrons. The molecule has 1 N–H and O–H groups in total. The molecule has 0 aromatic heterocycles. The Bertz CT molecular complexity index is 478. The van der Waals surface area contributed by atoms with Crippen molar-refractivity contribution in [2.24, 2.45) is 0 Å². The van der Waals surface area contributed by atoms with Gasteiger partial charge in [-0.15, -0.1) is 43.2 Å². The maximum Gasteiger partial charge on any atom is 2.00 e. The fourth-order valence-electron chi connectivity index (χ4n) is 1.71. The smallest absolute Gasteiger partial charge is 2.00 e. The van der Waals surface area contributed by atoms with E-state index in [9.17, 15) is 0 Å². The molecule has 0 spiro atoms. The van der Waals surface area contributed by atoms with E-state index in [-0.39, 0.29) is 65.4 Å². The van der Waals surface area contributed by atoms with Crippen molar-refractivity contribution in [3.8, 4) is 0 Å². The van der Waals surface area contributed by atoms with Crippen molar-refractivity contribution >= 4 is 52.2 Å². The summed E-state index contributed by atoms with van der Waals surface area (Å²) < 4.78 is 0. The standard InChI is InChI=1S/C9H17Si.2C5H5.C4H10N.4ClH.Ti.Zr/c1-8(2)6-9(3)7-10(4)5;2*1-2-4-5-3-1;1-4(2,3)5;;;;;;/h6H,1,7H2,2-5H3;2*1-3H,4H2;5H,1-3H3;4*1H;;/q;3*-1;;;;;2*+2/p-2. The number of hydrogen-bond donors (Lipinski definition) is 0. The predicted molar refractivity (Wildman–Crippen MR) is 144 cm³/mol. The summed E-state index contributed by atoms with van der Waals surface area (Å²) in [5.74, 6) is 0. The third kappa shape index (κ3) is 72.1. The Kier molecular flexibility index (Phi) is 49.6. The van der Waals surface area contributed by atoms with E-state index in [0.29, 0.717) is 0 Å². The Morgan fingerprint density at radius 3 is 1.52 bits per heavy atom. The number of hydrogen-bond acceptors (Lipinski definition) is 0. The van der Waals surface area contributed by atoms with Crippen LogP contribution in [-0.2, 0) is 43.2 Å². The molecule has 0 bridgehead atoms. The quantitative estimate of drug-likeness (QED) is 0.167. The van der Waals surface area contributed by atoms with Crippen LogP contribution in [0.15, 0.2) is 60.3 Å². The number of nitrogens with one attached hydrogen (secondary N) is 1. The van der Waals surface area contributed by atoms with Crippen molar-refractivity contribution in [1.29, 1.82) is 0 Å².